The topological polar surface area (TPSA) is 90.9 Å². The van der Waals surface area contributed by atoms with E-state index in [1.807, 2.05) is 6.07 Å². The van der Waals surface area contributed by atoms with Crippen molar-refractivity contribution in [1.29, 1.82) is 0 Å². The van der Waals surface area contributed by atoms with Gasteiger partial charge in [0.05, 0.1) is 0 Å². The second kappa shape index (κ2) is 7.90. The van der Waals surface area contributed by atoms with Crippen LogP contribution in [-0.2, 0) is 14.3 Å². The number of amides is 1. The van der Waals surface area contributed by atoms with Gasteiger partial charge in [-0.1, -0.05) is 12.1 Å². The lowest BCUT2D eigenvalue weighted by Crippen LogP contribution is -2.44. The molecule has 2 atom stereocenters. The van der Waals surface area contributed by atoms with Crippen LogP contribution < -0.4 is 14.8 Å². The van der Waals surface area contributed by atoms with E-state index in [0.717, 1.165) is 0 Å². The van der Waals surface area contributed by atoms with Crippen molar-refractivity contribution in [2.45, 2.75) is 26.1 Å². The Bertz CT molecular complexity index is 861. The Morgan fingerprint density at radius 1 is 1.00 bits per heavy atom. The van der Waals surface area contributed by atoms with Gasteiger partial charge in [0.25, 0.3) is 0 Å². The third-order valence-electron chi connectivity index (χ3n) is 3.95. The number of ether oxygens (including phenoxy) is 3. The van der Waals surface area contributed by atoms with E-state index in [-0.39, 0.29) is 11.7 Å². The predicted molar refractivity (Wildman–Crippen MR) is 97.0 cm³/mol. The number of anilines is 1. The van der Waals surface area contributed by atoms with Crippen LogP contribution in [0.1, 0.15) is 24.2 Å². The molecule has 0 radical (unpaired) electrons. The minimum atomic E-state index is -0.949. The minimum absolute atomic E-state index is 0.201. The average molecular weight is 369 g/mol. The molecule has 2 unspecified atom stereocenters. The predicted octanol–water partition coefficient (Wildman–Crippen LogP) is 2.60. The lowest BCUT2D eigenvalue weighted by Gasteiger charge is -2.30. The second-order valence-corrected chi connectivity index (χ2v) is 6.10. The molecule has 140 valence electrons. The number of carbonyl (C=O) groups is 3. The molecule has 0 saturated carbocycles. The van der Waals surface area contributed by atoms with Crippen LogP contribution in [0.4, 0.5) is 5.69 Å². The molecule has 2 aromatic rings. The molecule has 0 bridgehead atoms. The first-order valence-corrected chi connectivity index (χ1v) is 8.44. The highest BCUT2D eigenvalue weighted by molar-refractivity contribution is 5.99. The lowest BCUT2D eigenvalue weighted by atomic mass is 10.1. The first-order valence-electron chi connectivity index (χ1n) is 8.44. The number of hydrogen-bond donors (Lipinski definition) is 1. The number of para-hydroxylation sites is 2. The number of ketones is 1. The maximum Gasteiger partial charge on any atom is 0.351 e. The molecule has 7 nitrogen and oxygen atoms in total. The van der Waals surface area contributed by atoms with Crippen molar-refractivity contribution >= 4 is 23.3 Å². The van der Waals surface area contributed by atoms with Crippen molar-refractivity contribution < 1.29 is 28.6 Å². The van der Waals surface area contributed by atoms with Crippen LogP contribution in [0.5, 0.6) is 11.5 Å². The summed E-state index contributed by atoms with van der Waals surface area (Å²) in [5.41, 5.74) is 0.951. The van der Waals surface area contributed by atoms with Crippen LogP contribution in [0.25, 0.3) is 0 Å². The molecule has 1 aliphatic heterocycles. The van der Waals surface area contributed by atoms with Gasteiger partial charge < -0.3 is 19.5 Å². The number of nitrogens with one attached hydrogen (secondary N) is 1. The number of hydrogen-bond acceptors (Lipinski definition) is 6. The van der Waals surface area contributed by atoms with Gasteiger partial charge in [0.1, 0.15) is 6.10 Å². The second-order valence-electron chi connectivity index (χ2n) is 6.10. The maximum atomic E-state index is 12.3. The average Bonchev–Trinajstić information content (AvgIpc) is 2.65. The van der Waals surface area contributed by atoms with Gasteiger partial charge in [-0.05, 0) is 43.3 Å². The number of benzene rings is 2. The quantitative estimate of drug-likeness (QED) is 0.643. The number of carbonyl (C=O) groups excluding carboxylic acids is 3. The summed E-state index contributed by atoms with van der Waals surface area (Å²) in [7, 11) is 0. The van der Waals surface area contributed by atoms with Crippen LogP contribution in [0.2, 0.25) is 0 Å². The molecule has 0 aromatic heterocycles. The molecular weight excluding hydrogens is 350 g/mol. The van der Waals surface area contributed by atoms with Crippen LogP contribution in [0.3, 0.4) is 0 Å². The van der Waals surface area contributed by atoms with E-state index in [4.69, 9.17) is 14.2 Å². The van der Waals surface area contributed by atoms with Gasteiger partial charge in [-0.3, -0.25) is 9.59 Å². The highest BCUT2D eigenvalue weighted by Gasteiger charge is 2.35. The SMILES string of the molecule is CC(=O)Nc1ccc(C(=O)COC(=O)C2Oc3ccccc3OC2C)cc1. The summed E-state index contributed by atoms with van der Waals surface area (Å²) in [6.07, 6.45) is -1.49. The van der Waals surface area contributed by atoms with Gasteiger partial charge in [0.2, 0.25) is 12.0 Å². The van der Waals surface area contributed by atoms with Gasteiger partial charge in [0, 0.05) is 18.2 Å². The van der Waals surface area contributed by atoms with E-state index < -0.39 is 24.8 Å². The Labute approximate surface area is 156 Å². The van der Waals surface area contributed by atoms with Crippen LogP contribution in [0, 0.1) is 0 Å². The molecule has 0 aliphatic carbocycles. The summed E-state index contributed by atoms with van der Waals surface area (Å²) in [5, 5.41) is 2.61. The summed E-state index contributed by atoms with van der Waals surface area (Å²) in [4.78, 5) is 35.5. The van der Waals surface area contributed by atoms with E-state index in [0.29, 0.717) is 22.7 Å². The summed E-state index contributed by atoms with van der Waals surface area (Å²) < 4.78 is 16.4. The Kier molecular flexibility index (Phi) is 5.40. The minimum Gasteiger partial charge on any atom is -0.482 e. The number of Topliss-reactive ketones (excluding diaryl/α,β-unsaturated/α-hetero) is 1. The molecule has 27 heavy (non-hydrogen) atoms. The monoisotopic (exact) mass is 369 g/mol. The van der Waals surface area contributed by atoms with Crippen molar-refractivity contribution in [2.24, 2.45) is 0 Å². The summed E-state index contributed by atoms with van der Waals surface area (Å²) in [6.45, 7) is 2.69. The maximum absolute atomic E-state index is 12.3. The molecule has 1 amide bonds. The fraction of sp³-hybridized carbons (Fsp3) is 0.250. The van der Waals surface area contributed by atoms with Gasteiger partial charge in [-0.25, -0.2) is 4.79 Å². The van der Waals surface area contributed by atoms with Crippen molar-refractivity contribution in [1.82, 2.24) is 0 Å². The van der Waals surface area contributed by atoms with E-state index in [1.54, 1.807) is 49.4 Å². The summed E-state index contributed by atoms with van der Waals surface area (Å²) in [5.74, 6) is -0.210. The molecule has 0 saturated heterocycles. The lowest BCUT2D eigenvalue weighted by molar-refractivity contribution is -0.156. The van der Waals surface area contributed by atoms with Crippen molar-refractivity contribution in [3.05, 3.63) is 54.1 Å². The molecule has 1 aliphatic rings. The molecule has 7 heteroatoms. The number of fused-ring (bicyclic) bond motifs is 1. The zero-order valence-corrected chi connectivity index (χ0v) is 14.9. The smallest absolute Gasteiger partial charge is 0.351 e. The van der Waals surface area contributed by atoms with Crippen LogP contribution >= 0.6 is 0 Å². The first kappa shape index (κ1) is 18.4. The largest absolute Gasteiger partial charge is 0.482 e. The molecule has 1 heterocycles. The Hall–Kier alpha value is -3.35. The molecule has 3 rings (SSSR count). The standard InChI is InChI=1S/C20H19NO6/c1-12-19(27-18-6-4-3-5-17(18)26-12)20(24)25-11-16(23)14-7-9-15(10-8-14)21-13(2)22/h3-10,12,19H,11H2,1-2H3,(H,21,22). The Morgan fingerprint density at radius 3 is 2.26 bits per heavy atom. The molecule has 1 N–H and O–H groups in total. The van der Waals surface area contributed by atoms with Gasteiger partial charge in [-0.2, -0.15) is 0 Å². The zero-order valence-electron chi connectivity index (χ0n) is 14.9. The Balaban J connectivity index is 1.57. The molecule has 2 aromatic carbocycles. The van der Waals surface area contributed by atoms with Crippen LogP contribution in [0.15, 0.2) is 48.5 Å². The summed E-state index contributed by atoms with van der Waals surface area (Å²) in [6, 6.07) is 13.4. The number of rotatable bonds is 5. The van der Waals surface area contributed by atoms with Crippen LogP contribution in [-0.4, -0.2) is 36.5 Å². The normalized spacial score (nSPS) is 17.7. The first-order chi connectivity index (χ1) is 12.9. The zero-order chi connectivity index (χ0) is 19.4. The van der Waals surface area contributed by atoms with Gasteiger partial charge >= 0.3 is 5.97 Å². The van der Waals surface area contributed by atoms with Gasteiger partial charge in [0.15, 0.2) is 23.9 Å². The van der Waals surface area contributed by atoms with Crippen molar-refractivity contribution in [3.8, 4) is 11.5 Å². The number of esters is 1. The molecule has 0 fully saturated rings. The third-order valence-corrected chi connectivity index (χ3v) is 3.95. The molecule has 0 spiro atoms. The van der Waals surface area contributed by atoms with Crippen molar-refractivity contribution in [2.75, 3.05) is 11.9 Å². The highest BCUT2D eigenvalue weighted by Crippen LogP contribution is 2.33. The fourth-order valence-electron chi connectivity index (χ4n) is 2.62. The van der Waals surface area contributed by atoms with Crippen molar-refractivity contribution in [3.63, 3.8) is 0 Å². The molecular formula is C20H19NO6. The highest BCUT2D eigenvalue weighted by atomic mass is 16.6. The van der Waals surface area contributed by atoms with E-state index in [2.05, 4.69) is 5.32 Å². The van der Waals surface area contributed by atoms with E-state index in [9.17, 15) is 14.4 Å². The summed E-state index contributed by atoms with van der Waals surface area (Å²) >= 11 is 0. The van der Waals surface area contributed by atoms with E-state index >= 15 is 0 Å². The third kappa shape index (κ3) is 4.44. The Morgan fingerprint density at radius 2 is 1.63 bits per heavy atom. The van der Waals surface area contributed by atoms with Gasteiger partial charge in [-0.15, -0.1) is 0 Å². The van der Waals surface area contributed by atoms with E-state index in [1.165, 1.54) is 6.92 Å². The fourth-order valence-corrected chi connectivity index (χ4v) is 2.62.